The summed E-state index contributed by atoms with van der Waals surface area (Å²) >= 11 is 0. The Morgan fingerprint density at radius 2 is 1.53 bits per heavy atom. The number of methoxy groups -OCH3 is 1. The largest absolute Gasteiger partial charge is 0.497 e. The maximum atomic E-state index is 10.9. The van der Waals surface area contributed by atoms with Crippen molar-refractivity contribution < 1.29 is 24.2 Å². The van der Waals surface area contributed by atoms with Gasteiger partial charge in [-0.05, 0) is 24.3 Å². The summed E-state index contributed by atoms with van der Waals surface area (Å²) in [6.07, 6.45) is 1.99. The summed E-state index contributed by atoms with van der Waals surface area (Å²) in [5.74, 6) is -1.09. The summed E-state index contributed by atoms with van der Waals surface area (Å²) in [5.41, 5.74) is 0. The molecule has 1 aromatic carbocycles. The molecule has 1 rings (SSSR count). The SMILES string of the molecule is CCCC.COc1ccc(OC(=O)CC(=O)O)cc1. The second-order valence-electron chi connectivity index (χ2n) is 3.72. The molecule has 0 heterocycles. The van der Waals surface area contributed by atoms with Gasteiger partial charge >= 0.3 is 11.9 Å². The van der Waals surface area contributed by atoms with Crippen molar-refractivity contribution in [1.82, 2.24) is 0 Å². The van der Waals surface area contributed by atoms with Crippen LogP contribution < -0.4 is 9.47 Å². The van der Waals surface area contributed by atoms with Gasteiger partial charge < -0.3 is 14.6 Å². The lowest BCUT2D eigenvalue weighted by Crippen LogP contribution is -2.13. The van der Waals surface area contributed by atoms with Gasteiger partial charge in [0.05, 0.1) is 7.11 Å². The van der Waals surface area contributed by atoms with Crippen LogP contribution in [-0.2, 0) is 9.59 Å². The molecule has 0 saturated heterocycles. The lowest BCUT2D eigenvalue weighted by molar-refractivity contribution is -0.145. The van der Waals surface area contributed by atoms with Gasteiger partial charge in [-0.1, -0.05) is 26.7 Å². The van der Waals surface area contributed by atoms with Gasteiger partial charge in [-0.3, -0.25) is 9.59 Å². The minimum atomic E-state index is -1.21. The van der Waals surface area contributed by atoms with E-state index in [0.29, 0.717) is 11.5 Å². The van der Waals surface area contributed by atoms with Crippen molar-refractivity contribution in [2.45, 2.75) is 33.1 Å². The van der Waals surface area contributed by atoms with Gasteiger partial charge in [0.25, 0.3) is 0 Å². The molecular weight excluding hydrogens is 248 g/mol. The lowest BCUT2D eigenvalue weighted by Gasteiger charge is -2.03. The number of carboxylic acid groups (broad SMARTS) is 1. The lowest BCUT2D eigenvalue weighted by atomic mass is 10.3. The number of unbranched alkanes of at least 4 members (excludes halogenated alkanes) is 1. The van der Waals surface area contributed by atoms with Crippen LogP contribution in [-0.4, -0.2) is 24.2 Å². The van der Waals surface area contributed by atoms with Crippen LogP contribution in [0.1, 0.15) is 33.1 Å². The van der Waals surface area contributed by atoms with Crippen LogP contribution in [0.25, 0.3) is 0 Å². The molecule has 0 bridgehead atoms. The summed E-state index contributed by atoms with van der Waals surface area (Å²) in [6, 6.07) is 6.28. The summed E-state index contributed by atoms with van der Waals surface area (Å²) in [4.78, 5) is 21.1. The Labute approximate surface area is 113 Å². The fourth-order valence-corrected chi connectivity index (χ4v) is 0.935. The van der Waals surface area contributed by atoms with E-state index in [4.69, 9.17) is 14.6 Å². The number of aliphatic carboxylic acids is 1. The zero-order valence-electron chi connectivity index (χ0n) is 11.5. The molecule has 1 aromatic rings. The Morgan fingerprint density at radius 1 is 1.05 bits per heavy atom. The molecule has 5 nitrogen and oxygen atoms in total. The molecule has 106 valence electrons. The molecular formula is C14H20O5. The smallest absolute Gasteiger partial charge is 0.322 e. The fraction of sp³-hybridized carbons (Fsp3) is 0.429. The first-order chi connectivity index (χ1) is 9.03. The highest BCUT2D eigenvalue weighted by Crippen LogP contribution is 2.17. The predicted molar refractivity (Wildman–Crippen MR) is 71.5 cm³/mol. The standard InChI is InChI=1S/C10H10O5.C4H10/c1-14-7-2-4-8(5-3-7)15-10(13)6-9(11)12;1-3-4-2/h2-5H,6H2,1H3,(H,11,12);3-4H2,1-2H3. The van der Waals surface area contributed by atoms with Crippen LogP contribution in [0.5, 0.6) is 11.5 Å². The minimum Gasteiger partial charge on any atom is -0.497 e. The number of rotatable bonds is 5. The number of esters is 1. The number of carbonyl (C=O) groups is 2. The Kier molecular flexibility index (Phi) is 8.87. The van der Waals surface area contributed by atoms with Crippen molar-refractivity contribution in [2.75, 3.05) is 7.11 Å². The van der Waals surface area contributed by atoms with Crippen LogP contribution in [0.4, 0.5) is 0 Å². The average Bonchev–Trinajstić information content (AvgIpc) is 2.39. The van der Waals surface area contributed by atoms with E-state index in [-0.39, 0.29) is 0 Å². The van der Waals surface area contributed by atoms with E-state index in [0.717, 1.165) is 0 Å². The molecule has 0 unspecified atom stereocenters. The topological polar surface area (TPSA) is 72.8 Å². The maximum Gasteiger partial charge on any atom is 0.322 e. The van der Waals surface area contributed by atoms with Gasteiger partial charge in [-0.15, -0.1) is 0 Å². The molecule has 0 aliphatic rings. The van der Waals surface area contributed by atoms with Crippen molar-refractivity contribution in [2.24, 2.45) is 0 Å². The number of benzene rings is 1. The number of ether oxygens (including phenoxy) is 2. The number of carboxylic acids is 1. The van der Waals surface area contributed by atoms with E-state index in [1.807, 2.05) is 0 Å². The normalized spacial score (nSPS) is 9.00. The Bertz CT molecular complexity index is 381. The molecule has 0 radical (unpaired) electrons. The summed E-state index contributed by atoms with van der Waals surface area (Å²) < 4.78 is 9.65. The highest BCUT2D eigenvalue weighted by molar-refractivity contribution is 5.91. The highest BCUT2D eigenvalue weighted by Gasteiger charge is 2.09. The monoisotopic (exact) mass is 268 g/mol. The Hall–Kier alpha value is -2.04. The molecule has 0 saturated carbocycles. The van der Waals surface area contributed by atoms with Gasteiger partial charge in [0.15, 0.2) is 0 Å². The molecule has 0 amide bonds. The van der Waals surface area contributed by atoms with Crippen molar-refractivity contribution in [3.05, 3.63) is 24.3 Å². The van der Waals surface area contributed by atoms with Gasteiger partial charge in [0.1, 0.15) is 17.9 Å². The van der Waals surface area contributed by atoms with Crippen LogP contribution in [0, 0.1) is 0 Å². The third-order valence-corrected chi connectivity index (χ3v) is 2.09. The van der Waals surface area contributed by atoms with Gasteiger partial charge in [-0.2, -0.15) is 0 Å². The third kappa shape index (κ3) is 8.65. The number of hydrogen-bond acceptors (Lipinski definition) is 4. The second-order valence-corrected chi connectivity index (χ2v) is 3.72. The van der Waals surface area contributed by atoms with Gasteiger partial charge in [0, 0.05) is 0 Å². The molecule has 0 atom stereocenters. The van der Waals surface area contributed by atoms with Gasteiger partial charge in [-0.25, -0.2) is 0 Å². The first-order valence-corrected chi connectivity index (χ1v) is 6.10. The second kappa shape index (κ2) is 9.94. The first kappa shape index (κ1) is 17.0. The van der Waals surface area contributed by atoms with Crippen molar-refractivity contribution in [3.63, 3.8) is 0 Å². The van der Waals surface area contributed by atoms with E-state index in [1.54, 1.807) is 12.1 Å². The quantitative estimate of drug-likeness (QED) is 0.505. The minimum absolute atomic E-state index is 0.294. The zero-order chi connectivity index (χ0) is 14.7. The maximum absolute atomic E-state index is 10.9. The molecule has 1 N–H and O–H groups in total. The molecule has 5 heteroatoms. The van der Waals surface area contributed by atoms with Crippen molar-refractivity contribution in [1.29, 1.82) is 0 Å². The highest BCUT2D eigenvalue weighted by atomic mass is 16.5. The van der Waals surface area contributed by atoms with E-state index >= 15 is 0 Å². The molecule has 0 aromatic heterocycles. The van der Waals surface area contributed by atoms with Crippen LogP contribution in [0.3, 0.4) is 0 Å². The van der Waals surface area contributed by atoms with E-state index in [2.05, 4.69) is 13.8 Å². The van der Waals surface area contributed by atoms with E-state index < -0.39 is 18.4 Å². The van der Waals surface area contributed by atoms with E-state index in [9.17, 15) is 9.59 Å². The van der Waals surface area contributed by atoms with Crippen molar-refractivity contribution in [3.8, 4) is 11.5 Å². The molecule has 0 aliphatic carbocycles. The van der Waals surface area contributed by atoms with Gasteiger partial charge in [0.2, 0.25) is 0 Å². The summed E-state index contributed by atoms with van der Waals surface area (Å²) in [6.45, 7) is 4.36. The number of hydrogen-bond donors (Lipinski definition) is 1. The molecule has 0 spiro atoms. The molecule has 0 aliphatic heterocycles. The van der Waals surface area contributed by atoms with Crippen LogP contribution in [0.2, 0.25) is 0 Å². The van der Waals surface area contributed by atoms with Crippen LogP contribution in [0.15, 0.2) is 24.3 Å². The first-order valence-electron chi connectivity index (χ1n) is 6.10. The number of carbonyl (C=O) groups excluding carboxylic acids is 1. The Balaban J connectivity index is 0.000000711. The summed E-state index contributed by atoms with van der Waals surface area (Å²) in [7, 11) is 1.52. The molecule has 19 heavy (non-hydrogen) atoms. The van der Waals surface area contributed by atoms with Crippen molar-refractivity contribution >= 4 is 11.9 Å². The average molecular weight is 268 g/mol. The fourth-order valence-electron chi connectivity index (χ4n) is 0.935. The summed E-state index contributed by atoms with van der Waals surface area (Å²) in [5, 5.41) is 8.32. The molecule has 0 fully saturated rings. The van der Waals surface area contributed by atoms with Crippen LogP contribution >= 0.6 is 0 Å². The third-order valence-electron chi connectivity index (χ3n) is 2.09. The Morgan fingerprint density at radius 3 is 1.89 bits per heavy atom. The zero-order valence-corrected chi connectivity index (χ0v) is 11.5. The van der Waals surface area contributed by atoms with E-state index in [1.165, 1.54) is 32.1 Å². The predicted octanol–water partition coefficient (Wildman–Crippen LogP) is 2.88.